The number of aryl methyl sites for hydroxylation is 1. The molecule has 0 radical (unpaired) electrons. The van der Waals surface area contributed by atoms with Crippen LogP contribution in [0.15, 0.2) is 6.33 Å². The first-order valence-corrected chi connectivity index (χ1v) is 11.3. The Kier molecular flexibility index (Phi) is 5.93. The highest BCUT2D eigenvalue weighted by molar-refractivity contribution is 5.89. The number of H-pyrrole nitrogens is 1. The maximum absolute atomic E-state index is 11.4. The number of nitrogens with one attached hydrogen (secondary N) is 2. The summed E-state index contributed by atoms with van der Waals surface area (Å²) >= 11 is 0. The number of anilines is 2. The first-order valence-electron chi connectivity index (χ1n) is 11.3. The molecule has 2 aliphatic rings. The van der Waals surface area contributed by atoms with E-state index in [1.165, 1.54) is 15.8 Å². The van der Waals surface area contributed by atoms with Gasteiger partial charge in [-0.1, -0.05) is 12.8 Å². The Balaban J connectivity index is 1.66. The molecule has 1 amide bonds. The first kappa shape index (κ1) is 22.7. The number of ether oxygens (including phenoxy) is 1. The van der Waals surface area contributed by atoms with Crippen LogP contribution in [0.1, 0.15) is 37.6 Å². The van der Waals surface area contributed by atoms with Crippen LogP contribution in [0, 0.1) is 6.92 Å². The van der Waals surface area contributed by atoms with Crippen LogP contribution >= 0.6 is 0 Å². The highest BCUT2D eigenvalue weighted by Gasteiger charge is 2.44. The number of aromatic amines is 1. The van der Waals surface area contributed by atoms with Crippen LogP contribution in [0.25, 0.3) is 22.6 Å². The summed E-state index contributed by atoms with van der Waals surface area (Å²) in [4.78, 5) is 26.7. The normalized spacial score (nSPS) is 25.3. The zero-order valence-electron chi connectivity index (χ0n) is 18.9. The third-order valence-corrected chi connectivity index (χ3v) is 6.55. The van der Waals surface area contributed by atoms with Gasteiger partial charge in [0.15, 0.2) is 34.9 Å². The van der Waals surface area contributed by atoms with Crippen LogP contribution in [0.5, 0.6) is 0 Å². The fraction of sp³-hybridized carbons (Fsp3) is 0.571. The molecule has 34 heavy (non-hydrogen) atoms. The average molecular weight is 473 g/mol. The van der Waals surface area contributed by atoms with Gasteiger partial charge in [0.05, 0.1) is 18.5 Å². The van der Waals surface area contributed by atoms with E-state index < -0.39 is 31.1 Å². The second-order valence-electron chi connectivity index (χ2n) is 8.84. The van der Waals surface area contributed by atoms with E-state index in [2.05, 4.69) is 20.5 Å². The van der Waals surface area contributed by atoms with Crippen LogP contribution in [0.3, 0.4) is 0 Å². The molecule has 1 aliphatic carbocycles. The Bertz CT molecular complexity index is 1190. The molecule has 0 spiro atoms. The van der Waals surface area contributed by atoms with Crippen LogP contribution < -0.4 is 10.2 Å². The topological polar surface area (TPSA) is 175 Å². The monoisotopic (exact) mass is 472 g/mol. The number of carbonyl (C=O) groups is 1. The number of amides is 1. The van der Waals surface area contributed by atoms with Gasteiger partial charge < -0.3 is 30.3 Å². The number of aliphatic hydroxyl groups excluding tert-OH is 3. The zero-order chi connectivity index (χ0) is 24.0. The van der Waals surface area contributed by atoms with E-state index in [0.29, 0.717) is 46.3 Å². The van der Waals surface area contributed by atoms with E-state index in [0.717, 1.165) is 25.7 Å². The van der Waals surface area contributed by atoms with Crippen LogP contribution in [0.4, 0.5) is 11.6 Å². The molecule has 13 nitrogen and oxygen atoms in total. The maximum atomic E-state index is 11.4. The molecule has 2 fully saturated rings. The number of aromatic nitrogens is 6. The first-order chi connectivity index (χ1) is 16.4. The number of aliphatic hydroxyl groups is 3. The summed E-state index contributed by atoms with van der Waals surface area (Å²) in [5.74, 6) is 1.21. The molecular formula is C21H28N8O5. The lowest BCUT2D eigenvalue weighted by Gasteiger charge is -2.18. The Morgan fingerprint density at radius 1 is 1.29 bits per heavy atom. The quantitative estimate of drug-likeness (QED) is 0.296. The summed E-state index contributed by atoms with van der Waals surface area (Å²) in [5, 5.41) is 40.9. The number of imidazole rings is 1. The minimum absolute atomic E-state index is 0.243. The van der Waals surface area contributed by atoms with Crippen LogP contribution in [-0.4, -0.2) is 89.5 Å². The standard InChI is InChI=1S/C21H28N8O5/c1-10-13(19(27-26-10)28(2)9-31)17-24-18(23-11-5-3-4-6-11)14-20(25-17)29(8-22-14)21-16(33)15(32)12(7-30)34-21/h8-9,11-12,15-16,21,30,32-33H,3-7H2,1-2H3,(H,26,27)(H,23,24,25)/t12-,15-,16-,21-/m1/s1. The Morgan fingerprint density at radius 3 is 2.74 bits per heavy atom. The van der Waals surface area contributed by atoms with Crippen molar-refractivity contribution >= 4 is 29.2 Å². The molecule has 1 aliphatic heterocycles. The number of hydrogen-bond acceptors (Lipinski definition) is 10. The number of carbonyl (C=O) groups excluding carboxylic acids is 1. The molecule has 1 saturated heterocycles. The summed E-state index contributed by atoms with van der Waals surface area (Å²) in [6.45, 7) is 1.37. The molecule has 0 bridgehead atoms. The Morgan fingerprint density at radius 2 is 2.06 bits per heavy atom. The smallest absolute Gasteiger partial charge is 0.215 e. The third kappa shape index (κ3) is 3.70. The SMILES string of the molecule is Cc1[nH]nc(N(C)C=O)c1-c1nc(NC2CCCC2)c2ncn([C@@H]3O[C@H](CO)[C@@H](O)[C@H]3O)c2n1. The van der Waals surface area contributed by atoms with Crippen molar-refractivity contribution in [1.82, 2.24) is 29.7 Å². The van der Waals surface area contributed by atoms with Crippen molar-refractivity contribution in [3.8, 4) is 11.4 Å². The molecular weight excluding hydrogens is 444 g/mol. The fourth-order valence-corrected chi connectivity index (χ4v) is 4.68. The van der Waals surface area contributed by atoms with E-state index in [4.69, 9.17) is 14.7 Å². The van der Waals surface area contributed by atoms with Gasteiger partial charge in [-0.15, -0.1) is 0 Å². The lowest BCUT2D eigenvalue weighted by molar-refractivity contribution is -0.107. The molecule has 182 valence electrons. The molecule has 13 heteroatoms. The van der Waals surface area contributed by atoms with Crippen molar-refractivity contribution < 1.29 is 24.9 Å². The van der Waals surface area contributed by atoms with Crippen molar-refractivity contribution in [2.24, 2.45) is 0 Å². The van der Waals surface area contributed by atoms with Crippen molar-refractivity contribution in [1.29, 1.82) is 0 Å². The molecule has 0 aromatic carbocycles. The summed E-state index contributed by atoms with van der Waals surface area (Å²) < 4.78 is 7.24. The molecule has 3 aromatic rings. The highest BCUT2D eigenvalue weighted by atomic mass is 16.6. The average Bonchev–Trinajstić information content (AvgIpc) is 3.62. The minimum atomic E-state index is -1.29. The molecule has 5 rings (SSSR count). The van der Waals surface area contributed by atoms with Crippen LogP contribution in [0.2, 0.25) is 0 Å². The van der Waals surface area contributed by atoms with Gasteiger partial charge >= 0.3 is 0 Å². The lowest BCUT2D eigenvalue weighted by atomic mass is 10.1. The van der Waals surface area contributed by atoms with Gasteiger partial charge in [-0.3, -0.25) is 14.5 Å². The van der Waals surface area contributed by atoms with Crippen molar-refractivity contribution in [2.45, 2.75) is 63.2 Å². The fourth-order valence-electron chi connectivity index (χ4n) is 4.68. The second kappa shape index (κ2) is 8.91. The summed E-state index contributed by atoms with van der Waals surface area (Å²) in [6, 6.07) is 0.243. The molecule has 4 atom stereocenters. The van der Waals surface area contributed by atoms with Crippen molar-refractivity contribution in [3.05, 3.63) is 12.0 Å². The number of rotatable bonds is 7. The van der Waals surface area contributed by atoms with Gasteiger partial charge in [0.1, 0.15) is 18.3 Å². The largest absolute Gasteiger partial charge is 0.394 e. The second-order valence-corrected chi connectivity index (χ2v) is 8.84. The number of fused-ring (bicyclic) bond motifs is 1. The molecule has 5 N–H and O–H groups in total. The van der Waals surface area contributed by atoms with E-state index >= 15 is 0 Å². The van der Waals surface area contributed by atoms with Gasteiger partial charge in [-0.05, 0) is 19.8 Å². The zero-order valence-corrected chi connectivity index (χ0v) is 18.9. The maximum Gasteiger partial charge on any atom is 0.215 e. The van der Waals surface area contributed by atoms with E-state index in [9.17, 15) is 20.1 Å². The van der Waals surface area contributed by atoms with Gasteiger partial charge in [0, 0.05) is 18.8 Å². The van der Waals surface area contributed by atoms with Gasteiger partial charge in [-0.25, -0.2) is 15.0 Å². The van der Waals surface area contributed by atoms with Crippen LogP contribution in [-0.2, 0) is 9.53 Å². The lowest BCUT2D eigenvalue weighted by Crippen LogP contribution is -2.33. The Hall–Kier alpha value is -3.13. The summed E-state index contributed by atoms with van der Waals surface area (Å²) in [6.07, 6.45) is 1.94. The number of hydrogen-bond donors (Lipinski definition) is 5. The molecule has 0 unspecified atom stereocenters. The summed E-state index contributed by atoms with van der Waals surface area (Å²) in [7, 11) is 1.59. The Labute approximate surface area is 194 Å². The third-order valence-electron chi connectivity index (χ3n) is 6.55. The predicted molar refractivity (Wildman–Crippen MR) is 121 cm³/mol. The van der Waals surface area contributed by atoms with Gasteiger partial charge in [-0.2, -0.15) is 5.10 Å². The van der Waals surface area contributed by atoms with E-state index in [-0.39, 0.29) is 6.04 Å². The van der Waals surface area contributed by atoms with E-state index in [1.54, 1.807) is 7.05 Å². The predicted octanol–water partition coefficient (Wildman–Crippen LogP) is 0.0834. The molecule has 4 heterocycles. The van der Waals surface area contributed by atoms with E-state index in [1.807, 2.05) is 6.92 Å². The van der Waals surface area contributed by atoms with Gasteiger partial charge in [0.25, 0.3) is 0 Å². The molecule has 1 saturated carbocycles. The van der Waals surface area contributed by atoms with Crippen molar-refractivity contribution in [2.75, 3.05) is 23.9 Å². The van der Waals surface area contributed by atoms with Crippen molar-refractivity contribution in [3.63, 3.8) is 0 Å². The van der Waals surface area contributed by atoms with Gasteiger partial charge in [0.2, 0.25) is 6.41 Å². The molecule has 3 aromatic heterocycles. The number of nitrogens with zero attached hydrogens (tertiary/aromatic N) is 6. The summed E-state index contributed by atoms with van der Waals surface area (Å²) in [5.41, 5.74) is 2.09. The minimum Gasteiger partial charge on any atom is -0.394 e. The highest BCUT2D eigenvalue weighted by Crippen LogP contribution is 2.36.